The van der Waals surface area contributed by atoms with Crippen LogP contribution in [0.5, 0.6) is 5.75 Å². The van der Waals surface area contributed by atoms with Gasteiger partial charge < -0.3 is 9.26 Å². The molecule has 0 aliphatic heterocycles. The molecule has 2 heterocycles. The van der Waals surface area contributed by atoms with Crippen LogP contribution in [0.4, 0.5) is 5.69 Å². The minimum Gasteiger partial charge on any atom is -0.492 e. The van der Waals surface area contributed by atoms with E-state index >= 15 is 0 Å². The molecule has 0 aliphatic carbocycles. The van der Waals surface area contributed by atoms with Crippen molar-refractivity contribution in [2.75, 3.05) is 11.3 Å². The van der Waals surface area contributed by atoms with E-state index in [-0.39, 0.29) is 4.90 Å². The van der Waals surface area contributed by atoms with Crippen molar-refractivity contribution < 1.29 is 17.7 Å². The monoisotopic (exact) mass is 378 g/mol. The first kappa shape index (κ1) is 17.5. The predicted octanol–water partition coefficient (Wildman–Crippen LogP) is 4.22. The maximum Gasteiger partial charge on any atom is 0.263 e. The Morgan fingerprint density at radius 3 is 2.64 bits per heavy atom. The number of benzene rings is 1. The average molecular weight is 378 g/mol. The second-order valence-corrected chi connectivity index (χ2v) is 8.38. The average Bonchev–Trinajstić information content (AvgIpc) is 3.16. The van der Waals surface area contributed by atoms with Gasteiger partial charge in [-0.3, -0.25) is 4.72 Å². The topological polar surface area (TPSA) is 81.4 Å². The molecule has 132 valence electrons. The lowest BCUT2D eigenvalue weighted by Gasteiger charge is -2.13. The standard InChI is InChI=1S/C17H18N2O4S2/c1-4-22-14-8-6-5-7-13(14)19-25(20,21)17-12(3)24-11(2)16(17)15-9-10-18-23-15/h5-10,19H,4H2,1-3H3. The fraction of sp³-hybridized carbons (Fsp3) is 0.235. The molecule has 0 unspecified atom stereocenters. The van der Waals surface area contributed by atoms with E-state index in [0.717, 1.165) is 4.88 Å². The van der Waals surface area contributed by atoms with Gasteiger partial charge in [-0.25, -0.2) is 8.42 Å². The summed E-state index contributed by atoms with van der Waals surface area (Å²) >= 11 is 1.41. The van der Waals surface area contributed by atoms with Crippen molar-refractivity contribution >= 4 is 27.0 Å². The molecule has 3 aromatic rings. The Labute approximate surface area is 150 Å². The Kier molecular flexibility index (Phi) is 4.82. The van der Waals surface area contributed by atoms with Gasteiger partial charge in [-0.15, -0.1) is 11.3 Å². The number of anilines is 1. The first-order valence-electron chi connectivity index (χ1n) is 7.69. The molecule has 0 bridgehead atoms. The minimum atomic E-state index is -3.83. The molecule has 0 atom stereocenters. The molecule has 1 aromatic carbocycles. The van der Waals surface area contributed by atoms with E-state index < -0.39 is 10.0 Å². The van der Waals surface area contributed by atoms with E-state index in [1.807, 2.05) is 13.8 Å². The van der Waals surface area contributed by atoms with Crippen LogP contribution in [0.1, 0.15) is 16.7 Å². The van der Waals surface area contributed by atoms with Crippen molar-refractivity contribution in [2.24, 2.45) is 0 Å². The largest absolute Gasteiger partial charge is 0.492 e. The third-order valence-corrected chi connectivity index (χ3v) is 6.28. The molecule has 0 fully saturated rings. The van der Waals surface area contributed by atoms with Crippen LogP contribution in [0.3, 0.4) is 0 Å². The molecule has 0 saturated carbocycles. The van der Waals surface area contributed by atoms with Crippen molar-refractivity contribution in [2.45, 2.75) is 25.7 Å². The van der Waals surface area contributed by atoms with Gasteiger partial charge in [0.1, 0.15) is 10.6 Å². The SMILES string of the molecule is CCOc1ccccc1NS(=O)(=O)c1c(C)sc(C)c1-c1ccno1. The number of sulfonamides is 1. The quantitative estimate of drug-likeness (QED) is 0.694. The van der Waals surface area contributed by atoms with Crippen LogP contribution in [0.25, 0.3) is 11.3 Å². The predicted molar refractivity (Wildman–Crippen MR) is 97.7 cm³/mol. The van der Waals surface area contributed by atoms with Gasteiger partial charge >= 0.3 is 0 Å². The summed E-state index contributed by atoms with van der Waals surface area (Å²) in [6, 6.07) is 8.60. The van der Waals surface area contributed by atoms with Crippen molar-refractivity contribution in [3.63, 3.8) is 0 Å². The number of para-hydroxylation sites is 2. The zero-order valence-electron chi connectivity index (χ0n) is 14.1. The summed E-state index contributed by atoms with van der Waals surface area (Å²) in [4.78, 5) is 1.75. The van der Waals surface area contributed by atoms with Gasteiger partial charge in [0.05, 0.1) is 24.1 Å². The lowest BCUT2D eigenvalue weighted by atomic mass is 10.2. The minimum absolute atomic E-state index is 0.207. The van der Waals surface area contributed by atoms with Gasteiger partial charge in [-0.05, 0) is 32.9 Å². The van der Waals surface area contributed by atoms with Crippen LogP contribution in [0, 0.1) is 13.8 Å². The number of ether oxygens (including phenoxy) is 1. The number of hydrogen-bond acceptors (Lipinski definition) is 6. The van der Waals surface area contributed by atoms with Crippen LogP contribution < -0.4 is 9.46 Å². The van der Waals surface area contributed by atoms with Crippen LogP contribution in [-0.2, 0) is 10.0 Å². The highest BCUT2D eigenvalue weighted by Gasteiger charge is 2.28. The zero-order chi connectivity index (χ0) is 18.0. The molecule has 3 rings (SSSR count). The number of aryl methyl sites for hydroxylation is 2. The summed E-state index contributed by atoms with van der Waals surface area (Å²) in [6.45, 7) is 5.93. The maximum absolute atomic E-state index is 13.1. The summed E-state index contributed by atoms with van der Waals surface area (Å²) in [5, 5.41) is 3.69. The Balaban J connectivity index is 2.08. The van der Waals surface area contributed by atoms with Crippen molar-refractivity contribution in [3.8, 4) is 17.1 Å². The number of rotatable bonds is 6. The van der Waals surface area contributed by atoms with Crippen LogP contribution in [0.2, 0.25) is 0 Å². The van der Waals surface area contributed by atoms with Gasteiger partial charge in [0.15, 0.2) is 5.76 Å². The van der Waals surface area contributed by atoms with E-state index in [4.69, 9.17) is 9.26 Å². The maximum atomic E-state index is 13.1. The lowest BCUT2D eigenvalue weighted by Crippen LogP contribution is -2.15. The van der Waals surface area contributed by atoms with Gasteiger partial charge in [0.25, 0.3) is 10.0 Å². The van der Waals surface area contributed by atoms with Gasteiger partial charge in [-0.2, -0.15) is 0 Å². The number of thiophene rings is 1. The molecule has 0 radical (unpaired) electrons. The van der Waals surface area contributed by atoms with Crippen LogP contribution in [-0.4, -0.2) is 20.2 Å². The van der Waals surface area contributed by atoms with Crippen LogP contribution >= 0.6 is 11.3 Å². The van der Waals surface area contributed by atoms with E-state index in [9.17, 15) is 8.42 Å². The van der Waals surface area contributed by atoms with E-state index in [1.54, 1.807) is 37.3 Å². The molecule has 0 aliphatic rings. The van der Waals surface area contributed by atoms with Crippen molar-refractivity contribution in [3.05, 3.63) is 46.3 Å². The molecular weight excluding hydrogens is 360 g/mol. The fourth-order valence-electron chi connectivity index (χ4n) is 2.64. The molecule has 25 heavy (non-hydrogen) atoms. The van der Waals surface area contributed by atoms with Gasteiger partial charge in [-0.1, -0.05) is 17.3 Å². The number of nitrogens with one attached hydrogen (secondary N) is 1. The first-order valence-corrected chi connectivity index (χ1v) is 9.99. The third-order valence-electron chi connectivity index (χ3n) is 3.59. The highest BCUT2D eigenvalue weighted by Crippen LogP contribution is 2.40. The van der Waals surface area contributed by atoms with Crippen molar-refractivity contribution in [1.29, 1.82) is 0 Å². The Hall–Kier alpha value is -2.32. The zero-order valence-corrected chi connectivity index (χ0v) is 15.7. The smallest absolute Gasteiger partial charge is 0.263 e. The molecule has 8 heteroatoms. The molecular formula is C17H18N2O4S2. The summed E-state index contributed by atoms with van der Waals surface area (Å²) in [7, 11) is -3.83. The summed E-state index contributed by atoms with van der Waals surface area (Å²) < 4.78 is 39.5. The molecule has 6 nitrogen and oxygen atoms in total. The lowest BCUT2D eigenvalue weighted by molar-refractivity contribution is 0.342. The Bertz CT molecular complexity index is 976. The third kappa shape index (κ3) is 3.40. The van der Waals surface area contributed by atoms with Crippen LogP contribution in [0.15, 0.2) is 45.9 Å². The highest BCUT2D eigenvalue weighted by molar-refractivity contribution is 7.93. The number of aromatic nitrogens is 1. The van der Waals surface area contributed by atoms with E-state index in [2.05, 4.69) is 9.88 Å². The molecule has 0 spiro atoms. The van der Waals surface area contributed by atoms with Gasteiger partial charge in [0, 0.05) is 15.8 Å². The Morgan fingerprint density at radius 2 is 1.96 bits per heavy atom. The summed E-state index contributed by atoms with van der Waals surface area (Å²) in [6.07, 6.45) is 1.50. The van der Waals surface area contributed by atoms with E-state index in [1.165, 1.54) is 17.5 Å². The fourth-order valence-corrected chi connectivity index (χ4v) is 5.58. The number of nitrogens with zero attached hydrogens (tertiary/aromatic N) is 1. The summed E-state index contributed by atoms with van der Waals surface area (Å²) in [5.41, 5.74) is 0.942. The number of hydrogen-bond donors (Lipinski definition) is 1. The van der Waals surface area contributed by atoms with Crippen molar-refractivity contribution in [1.82, 2.24) is 5.16 Å². The second kappa shape index (κ2) is 6.89. The normalized spacial score (nSPS) is 11.5. The van der Waals surface area contributed by atoms with Gasteiger partial charge in [0.2, 0.25) is 0 Å². The Morgan fingerprint density at radius 1 is 1.20 bits per heavy atom. The molecule has 0 saturated heterocycles. The summed E-state index contributed by atoms with van der Waals surface area (Å²) in [5.74, 6) is 0.916. The molecule has 0 amide bonds. The second-order valence-electron chi connectivity index (χ2n) is 5.33. The molecule has 1 N–H and O–H groups in total. The molecule has 2 aromatic heterocycles. The van der Waals surface area contributed by atoms with E-state index in [0.29, 0.717) is 34.2 Å². The highest BCUT2D eigenvalue weighted by atomic mass is 32.2. The first-order chi connectivity index (χ1) is 11.9.